The zero-order valence-electron chi connectivity index (χ0n) is 10.2. The summed E-state index contributed by atoms with van der Waals surface area (Å²) in [6.45, 7) is 3.75. The van der Waals surface area contributed by atoms with E-state index in [-0.39, 0.29) is 5.91 Å². The molecule has 0 aliphatic carbocycles. The Balaban J connectivity index is 1.75. The monoisotopic (exact) mass is 233 g/mol. The molecule has 2 N–H and O–H groups in total. The molecule has 92 valence electrons. The van der Waals surface area contributed by atoms with Crippen LogP contribution in [0.1, 0.15) is 35.3 Å². The average Bonchev–Trinajstić information content (AvgIpc) is 2.83. The lowest BCUT2D eigenvalue weighted by Crippen LogP contribution is -2.30. The van der Waals surface area contributed by atoms with E-state index in [1.807, 2.05) is 19.1 Å². The fourth-order valence-electron chi connectivity index (χ4n) is 2.07. The predicted octanol–water partition coefficient (Wildman–Crippen LogP) is 1.26. The molecule has 0 radical (unpaired) electrons. The van der Waals surface area contributed by atoms with Crippen molar-refractivity contribution in [3.8, 4) is 0 Å². The molecule has 2 heterocycles. The molecular weight excluding hydrogens is 214 g/mol. The van der Waals surface area contributed by atoms with Gasteiger partial charge in [0, 0.05) is 24.5 Å². The van der Waals surface area contributed by atoms with Crippen molar-refractivity contribution in [1.82, 2.24) is 15.6 Å². The number of rotatable bonds is 4. The molecule has 4 heteroatoms. The zero-order chi connectivity index (χ0) is 12.1. The average molecular weight is 233 g/mol. The number of carbonyl (C=O) groups is 1. The van der Waals surface area contributed by atoms with Gasteiger partial charge in [0.15, 0.2) is 0 Å². The number of nitrogens with zero attached hydrogens (tertiary/aromatic N) is 1. The summed E-state index contributed by atoms with van der Waals surface area (Å²) in [6, 6.07) is 4.24. The van der Waals surface area contributed by atoms with Crippen LogP contribution < -0.4 is 10.6 Å². The van der Waals surface area contributed by atoms with E-state index in [9.17, 15) is 4.79 Å². The first-order chi connectivity index (χ1) is 8.25. The molecule has 17 heavy (non-hydrogen) atoms. The van der Waals surface area contributed by atoms with E-state index in [1.54, 1.807) is 6.20 Å². The fraction of sp³-hybridized carbons (Fsp3) is 0.538. The van der Waals surface area contributed by atoms with Crippen LogP contribution in [0.3, 0.4) is 0 Å². The minimum absolute atomic E-state index is 0.0319. The SMILES string of the molecule is Cc1ccc(C(=O)NCC[C@H]2CCCN2)cn1. The molecule has 1 aromatic heterocycles. The number of pyridine rings is 1. The topological polar surface area (TPSA) is 54.0 Å². The first-order valence-electron chi connectivity index (χ1n) is 6.20. The van der Waals surface area contributed by atoms with Crippen LogP contribution >= 0.6 is 0 Å². The lowest BCUT2D eigenvalue weighted by atomic mass is 10.1. The van der Waals surface area contributed by atoms with Gasteiger partial charge in [-0.3, -0.25) is 9.78 Å². The van der Waals surface area contributed by atoms with Crippen LogP contribution in [0.2, 0.25) is 0 Å². The Hall–Kier alpha value is -1.42. The Labute approximate surface area is 102 Å². The van der Waals surface area contributed by atoms with Crippen molar-refractivity contribution in [3.05, 3.63) is 29.6 Å². The van der Waals surface area contributed by atoms with Crippen molar-refractivity contribution in [2.75, 3.05) is 13.1 Å². The molecule has 0 aromatic carbocycles. The fourth-order valence-corrected chi connectivity index (χ4v) is 2.07. The van der Waals surface area contributed by atoms with E-state index in [0.29, 0.717) is 11.6 Å². The Kier molecular flexibility index (Phi) is 4.09. The molecule has 0 saturated carbocycles. The second-order valence-electron chi connectivity index (χ2n) is 4.53. The Morgan fingerprint density at radius 3 is 3.12 bits per heavy atom. The van der Waals surface area contributed by atoms with Gasteiger partial charge in [-0.1, -0.05) is 0 Å². The van der Waals surface area contributed by atoms with E-state index in [1.165, 1.54) is 12.8 Å². The van der Waals surface area contributed by atoms with Crippen molar-refractivity contribution in [1.29, 1.82) is 0 Å². The normalized spacial score (nSPS) is 19.2. The van der Waals surface area contributed by atoms with Crippen LogP contribution in [0.5, 0.6) is 0 Å². The molecule has 1 fully saturated rings. The Morgan fingerprint density at radius 1 is 1.59 bits per heavy atom. The van der Waals surface area contributed by atoms with Crippen LogP contribution in [0.25, 0.3) is 0 Å². The van der Waals surface area contributed by atoms with Crippen molar-refractivity contribution < 1.29 is 4.79 Å². The number of aromatic nitrogens is 1. The lowest BCUT2D eigenvalue weighted by molar-refractivity contribution is 0.0952. The third-order valence-electron chi connectivity index (χ3n) is 3.11. The quantitative estimate of drug-likeness (QED) is 0.823. The van der Waals surface area contributed by atoms with Gasteiger partial charge in [0.05, 0.1) is 5.56 Å². The van der Waals surface area contributed by atoms with Gasteiger partial charge < -0.3 is 10.6 Å². The molecule has 0 bridgehead atoms. The van der Waals surface area contributed by atoms with Crippen LogP contribution in [-0.4, -0.2) is 30.0 Å². The second kappa shape index (κ2) is 5.77. The maximum absolute atomic E-state index is 11.8. The van der Waals surface area contributed by atoms with Gasteiger partial charge >= 0.3 is 0 Å². The minimum atomic E-state index is -0.0319. The highest BCUT2D eigenvalue weighted by Crippen LogP contribution is 2.07. The van der Waals surface area contributed by atoms with Crippen LogP contribution in [0, 0.1) is 6.92 Å². The van der Waals surface area contributed by atoms with Crippen molar-refractivity contribution in [2.24, 2.45) is 0 Å². The third-order valence-corrected chi connectivity index (χ3v) is 3.11. The summed E-state index contributed by atoms with van der Waals surface area (Å²) >= 11 is 0. The molecule has 0 spiro atoms. The van der Waals surface area contributed by atoms with Gasteiger partial charge in [0.25, 0.3) is 5.91 Å². The van der Waals surface area contributed by atoms with Gasteiger partial charge in [-0.15, -0.1) is 0 Å². The van der Waals surface area contributed by atoms with Gasteiger partial charge in [-0.25, -0.2) is 0 Å². The highest BCUT2D eigenvalue weighted by molar-refractivity contribution is 5.93. The molecule has 1 aliphatic rings. The van der Waals surface area contributed by atoms with Gasteiger partial charge in [-0.2, -0.15) is 0 Å². The minimum Gasteiger partial charge on any atom is -0.352 e. The van der Waals surface area contributed by atoms with E-state index >= 15 is 0 Å². The summed E-state index contributed by atoms with van der Waals surface area (Å²) in [6.07, 6.45) is 5.10. The second-order valence-corrected chi connectivity index (χ2v) is 4.53. The zero-order valence-corrected chi connectivity index (χ0v) is 10.2. The first-order valence-corrected chi connectivity index (χ1v) is 6.20. The molecule has 1 aliphatic heterocycles. The van der Waals surface area contributed by atoms with Gasteiger partial charge in [0.1, 0.15) is 0 Å². The summed E-state index contributed by atoms with van der Waals surface area (Å²) in [5, 5.41) is 6.34. The third kappa shape index (κ3) is 3.53. The lowest BCUT2D eigenvalue weighted by Gasteiger charge is -2.10. The van der Waals surface area contributed by atoms with Crippen LogP contribution in [0.4, 0.5) is 0 Å². The van der Waals surface area contributed by atoms with Crippen LogP contribution in [-0.2, 0) is 0 Å². The maximum Gasteiger partial charge on any atom is 0.252 e. The maximum atomic E-state index is 11.8. The summed E-state index contributed by atoms with van der Waals surface area (Å²) < 4.78 is 0. The molecule has 1 saturated heterocycles. The van der Waals surface area contributed by atoms with Crippen molar-refractivity contribution in [3.63, 3.8) is 0 Å². The molecule has 1 atom stereocenters. The number of hydrogen-bond acceptors (Lipinski definition) is 3. The predicted molar refractivity (Wildman–Crippen MR) is 66.9 cm³/mol. The molecule has 4 nitrogen and oxygen atoms in total. The smallest absolute Gasteiger partial charge is 0.252 e. The summed E-state index contributed by atoms with van der Waals surface area (Å²) in [7, 11) is 0. The molecule has 2 rings (SSSR count). The van der Waals surface area contributed by atoms with E-state index in [4.69, 9.17) is 0 Å². The summed E-state index contributed by atoms with van der Waals surface area (Å²) in [4.78, 5) is 15.9. The number of carbonyl (C=O) groups excluding carboxylic acids is 1. The highest BCUT2D eigenvalue weighted by Gasteiger charge is 2.13. The number of amides is 1. The van der Waals surface area contributed by atoms with Crippen molar-refractivity contribution >= 4 is 5.91 Å². The van der Waals surface area contributed by atoms with E-state index in [2.05, 4.69) is 15.6 Å². The summed E-state index contributed by atoms with van der Waals surface area (Å²) in [5.41, 5.74) is 1.56. The van der Waals surface area contributed by atoms with Crippen molar-refractivity contribution in [2.45, 2.75) is 32.2 Å². The number of aryl methyl sites for hydroxylation is 1. The largest absolute Gasteiger partial charge is 0.352 e. The van der Waals surface area contributed by atoms with E-state index in [0.717, 1.165) is 25.2 Å². The Morgan fingerprint density at radius 2 is 2.47 bits per heavy atom. The molecule has 1 amide bonds. The Bertz CT molecular complexity index is 369. The first kappa shape index (κ1) is 12.0. The van der Waals surface area contributed by atoms with E-state index < -0.39 is 0 Å². The number of hydrogen-bond donors (Lipinski definition) is 2. The number of nitrogens with one attached hydrogen (secondary N) is 2. The van der Waals surface area contributed by atoms with Gasteiger partial charge in [-0.05, 0) is 44.9 Å². The van der Waals surface area contributed by atoms with Gasteiger partial charge in [0.2, 0.25) is 0 Å². The highest BCUT2D eigenvalue weighted by atomic mass is 16.1. The molecule has 1 aromatic rings. The van der Waals surface area contributed by atoms with Crippen LogP contribution in [0.15, 0.2) is 18.3 Å². The summed E-state index contributed by atoms with van der Waals surface area (Å²) in [5.74, 6) is -0.0319. The standard InChI is InChI=1S/C13H19N3O/c1-10-4-5-11(9-16-10)13(17)15-8-6-12-3-2-7-14-12/h4-5,9,12,14H,2-3,6-8H2,1H3,(H,15,17)/t12-/m1/s1. The molecular formula is C13H19N3O. The molecule has 0 unspecified atom stereocenters.